The van der Waals surface area contributed by atoms with E-state index >= 15 is 0 Å². The molecule has 0 spiro atoms. The number of aromatic amines is 1. The van der Waals surface area contributed by atoms with Crippen molar-refractivity contribution < 1.29 is 9.59 Å². The number of aryl methyl sites for hydroxylation is 2. The van der Waals surface area contributed by atoms with Crippen molar-refractivity contribution in [1.29, 1.82) is 0 Å². The number of rotatable bonds is 7. The fraction of sp³-hybridized carbons (Fsp3) is 0.364. The summed E-state index contributed by atoms with van der Waals surface area (Å²) in [5.74, 6) is 1.18. The predicted octanol–water partition coefficient (Wildman–Crippen LogP) is 3.32. The topological polar surface area (TPSA) is 95.2 Å². The van der Waals surface area contributed by atoms with Gasteiger partial charge >= 0.3 is 0 Å². The summed E-state index contributed by atoms with van der Waals surface area (Å²) in [6.07, 6.45) is 3.10. The van der Waals surface area contributed by atoms with Crippen LogP contribution in [0.5, 0.6) is 0 Å². The number of amides is 2. The van der Waals surface area contributed by atoms with Crippen molar-refractivity contribution in [2.75, 3.05) is 18.1 Å². The lowest BCUT2D eigenvalue weighted by Crippen LogP contribution is -2.23. The van der Waals surface area contributed by atoms with Crippen LogP contribution in [-0.4, -0.2) is 39.5 Å². The van der Waals surface area contributed by atoms with E-state index in [2.05, 4.69) is 15.3 Å². The minimum atomic E-state index is -0.124. The molecule has 2 aromatic heterocycles. The Balaban J connectivity index is 1.33. The van der Waals surface area contributed by atoms with Gasteiger partial charge in [0.15, 0.2) is 0 Å². The summed E-state index contributed by atoms with van der Waals surface area (Å²) < 4.78 is 0. The molecule has 0 bridgehead atoms. The van der Waals surface area contributed by atoms with Gasteiger partial charge in [0.1, 0.15) is 10.7 Å². The molecule has 2 N–H and O–H groups in total. The van der Waals surface area contributed by atoms with Crippen LogP contribution in [0.2, 0.25) is 0 Å². The Morgan fingerprint density at radius 3 is 2.97 bits per heavy atom. The average Bonchev–Trinajstić information content (AvgIpc) is 3.29. The Kier molecular flexibility index (Phi) is 6.43. The van der Waals surface area contributed by atoms with E-state index in [0.29, 0.717) is 23.8 Å². The van der Waals surface area contributed by atoms with E-state index in [1.54, 1.807) is 23.3 Å². The minimum absolute atomic E-state index is 0.0113. The molecule has 1 aliphatic rings. The van der Waals surface area contributed by atoms with E-state index in [4.69, 9.17) is 0 Å². The summed E-state index contributed by atoms with van der Waals surface area (Å²) in [5, 5.41) is 3.63. The van der Waals surface area contributed by atoms with Crippen molar-refractivity contribution >= 4 is 50.8 Å². The zero-order valence-corrected chi connectivity index (χ0v) is 19.1. The van der Waals surface area contributed by atoms with Crippen LogP contribution in [0, 0.1) is 0 Å². The van der Waals surface area contributed by atoms with Gasteiger partial charge in [-0.25, -0.2) is 4.98 Å². The van der Waals surface area contributed by atoms with Crippen molar-refractivity contribution in [2.45, 2.75) is 38.5 Å². The Labute approximate surface area is 188 Å². The van der Waals surface area contributed by atoms with Gasteiger partial charge in [-0.1, -0.05) is 12.1 Å². The van der Waals surface area contributed by atoms with Gasteiger partial charge in [-0.15, -0.1) is 23.1 Å². The summed E-state index contributed by atoms with van der Waals surface area (Å²) in [4.78, 5) is 47.4. The third-order valence-corrected chi connectivity index (χ3v) is 7.39. The second-order valence-corrected chi connectivity index (χ2v) is 9.74. The molecular formula is C22H24N4O3S2. The summed E-state index contributed by atoms with van der Waals surface area (Å²) in [6, 6.07) is 7.46. The number of hydrogen-bond acceptors (Lipinski definition) is 6. The number of hydrogen-bond donors (Lipinski definition) is 2. The molecule has 1 aliphatic carbocycles. The van der Waals surface area contributed by atoms with Gasteiger partial charge in [0.25, 0.3) is 5.56 Å². The van der Waals surface area contributed by atoms with Crippen LogP contribution in [0.3, 0.4) is 0 Å². The number of thioether (sulfide) groups is 1. The highest BCUT2D eigenvalue weighted by Crippen LogP contribution is 2.34. The van der Waals surface area contributed by atoms with E-state index < -0.39 is 0 Å². The molecule has 9 heteroatoms. The van der Waals surface area contributed by atoms with E-state index in [-0.39, 0.29) is 23.1 Å². The molecular weight excluding hydrogens is 432 g/mol. The van der Waals surface area contributed by atoms with Crippen LogP contribution in [0.15, 0.2) is 29.1 Å². The molecule has 0 unspecified atom stereocenters. The van der Waals surface area contributed by atoms with Gasteiger partial charge in [-0.2, -0.15) is 0 Å². The lowest BCUT2D eigenvalue weighted by molar-refractivity contribution is -0.128. The first kappa shape index (κ1) is 21.6. The Bertz CT molecular complexity index is 1200. The van der Waals surface area contributed by atoms with Crippen LogP contribution in [0.4, 0.5) is 5.69 Å². The summed E-state index contributed by atoms with van der Waals surface area (Å²) in [7, 11) is 1.74. The van der Waals surface area contributed by atoms with Gasteiger partial charge in [0.05, 0.1) is 16.9 Å². The number of aromatic nitrogens is 2. The second kappa shape index (κ2) is 9.23. The summed E-state index contributed by atoms with van der Waals surface area (Å²) in [5.41, 5.74) is 2.74. The summed E-state index contributed by atoms with van der Waals surface area (Å²) >= 11 is 3.03. The predicted molar refractivity (Wildman–Crippen MR) is 126 cm³/mol. The maximum atomic E-state index is 12.5. The molecule has 2 amide bonds. The highest BCUT2D eigenvalue weighted by Gasteiger charge is 2.21. The van der Waals surface area contributed by atoms with Crippen LogP contribution in [-0.2, 0) is 34.7 Å². The third kappa shape index (κ3) is 4.99. The molecule has 4 rings (SSSR count). The molecule has 1 aromatic carbocycles. The maximum absolute atomic E-state index is 12.5. The van der Waals surface area contributed by atoms with E-state index in [1.807, 2.05) is 24.3 Å². The fourth-order valence-electron chi connectivity index (χ4n) is 3.69. The number of carbonyl (C=O) groups is 2. The van der Waals surface area contributed by atoms with Crippen LogP contribution < -0.4 is 10.9 Å². The first-order valence-corrected chi connectivity index (χ1v) is 12.1. The number of nitrogens with one attached hydrogen (secondary N) is 2. The second-order valence-electron chi connectivity index (χ2n) is 7.67. The quantitative estimate of drug-likeness (QED) is 0.569. The monoisotopic (exact) mass is 456 g/mol. The number of H-pyrrole nitrogens is 1. The van der Waals surface area contributed by atoms with Gasteiger partial charge in [-0.3, -0.25) is 14.4 Å². The first-order valence-electron chi connectivity index (χ1n) is 10.1. The number of carbonyl (C=O) groups excluding carboxylic acids is 2. The van der Waals surface area contributed by atoms with Crippen molar-refractivity contribution in [3.63, 3.8) is 0 Å². The van der Waals surface area contributed by atoms with Gasteiger partial charge in [-0.05, 0) is 42.5 Å². The molecule has 0 atom stereocenters. The number of fused-ring (bicyclic) bond motifs is 3. The van der Waals surface area contributed by atoms with Crippen molar-refractivity contribution in [2.24, 2.45) is 0 Å². The van der Waals surface area contributed by atoms with Crippen molar-refractivity contribution in [3.8, 4) is 0 Å². The molecule has 31 heavy (non-hydrogen) atoms. The highest BCUT2D eigenvalue weighted by atomic mass is 32.2. The SMILES string of the molecule is CC(=O)N(C)Cc1cccc(NC(=O)CSCc2nc3sc4c(c3c(=O)[nH]2)CCC4)c1. The lowest BCUT2D eigenvalue weighted by Gasteiger charge is -2.15. The Morgan fingerprint density at radius 2 is 2.16 bits per heavy atom. The molecule has 0 saturated carbocycles. The standard InChI is InChI=1S/C22H24N4O3S2/c1-13(27)26(2)10-14-5-3-6-15(9-14)23-19(28)12-30-11-18-24-21(29)20-16-7-4-8-17(16)31-22(20)25-18/h3,5-6,9H,4,7-8,10-12H2,1-2H3,(H,23,28)(H,24,25,29). The van der Waals surface area contributed by atoms with Gasteiger partial charge < -0.3 is 15.2 Å². The third-order valence-electron chi connectivity index (χ3n) is 5.26. The number of thiophene rings is 1. The summed E-state index contributed by atoms with van der Waals surface area (Å²) in [6.45, 7) is 2.01. The number of nitrogens with zero attached hydrogens (tertiary/aromatic N) is 2. The minimum Gasteiger partial charge on any atom is -0.342 e. The number of benzene rings is 1. The van der Waals surface area contributed by atoms with Crippen LogP contribution >= 0.6 is 23.1 Å². The van der Waals surface area contributed by atoms with Crippen LogP contribution in [0.25, 0.3) is 10.2 Å². The largest absolute Gasteiger partial charge is 0.342 e. The maximum Gasteiger partial charge on any atom is 0.259 e. The Hall–Kier alpha value is -2.65. The molecule has 162 valence electrons. The highest BCUT2D eigenvalue weighted by molar-refractivity contribution is 7.99. The van der Waals surface area contributed by atoms with Crippen LogP contribution in [0.1, 0.15) is 35.2 Å². The smallest absolute Gasteiger partial charge is 0.259 e. The van der Waals surface area contributed by atoms with E-state index in [9.17, 15) is 14.4 Å². The Morgan fingerprint density at radius 1 is 1.32 bits per heavy atom. The molecule has 0 fully saturated rings. The molecule has 0 radical (unpaired) electrons. The zero-order chi connectivity index (χ0) is 22.0. The van der Waals surface area contributed by atoms with Gasteiger partial charge in [0.2, 0.25) is 11.8 Å². The van der Waals surface area contributed by atoms with Crippen molar-refractivity contribution in [1.82, 2.24) is 14.9 Å². The van der Waals surface area contributed by atoms with E-state index in [0.717, 1.165) is 35.0 Å². The number of anilines is 1. The van der Waals surface area contributed by atoms with Crippen molar-refractivity contribution in [3.05, 3.63) is 56.4 Å². The molecule has 0 saturated heterocycles. The van der Waals surface area contributed by atoms with E-state index in [1.165, 1.54) is 29.1 Å². The normalized spacial score (nSPS) is 12.7. The first-order chi connectivity index (χ1) is 14.9. The zero-order valence-electron chi connectivity index (χ0n) is 17.5. The molecule has 2 heterocycles. The fourth-order valence-corrected chi connectivity index (χ4v) is 5.66. The molecule has 0 aliphatic heterocycles. The lowest BCUT2D eigenvalue weighted by atomic mass is 10.2. The van der Waals surface area contributed by atoms with Gasteiger partial charge in [0, 0.05) is 31.1 Å². The molecule has 3 aromatic rings. The average molecular weight is 457 g/mol. The molecule has 7 nitrogen and oxygen atoms in total.